The number of halogens is 1. The molecular weight excluding hydrogens is 752 g/mol. The summed E-state index contributed by atoms with van der Waals surface area (Å²) in [5, 5.41) is 17.2. The lowest BCUT2D eigenvalue weighted by Crippen LogP contribution is -2.41. The quantitative estimate of drug-likeness (QED) is 0.128. The van der Waals surface area contributed by atoms with Gasteiger partial charge in [0.25, 0.3) is 5.91 Å². The van der Waals surface area contributed by atoms with Crippen molar-refractivity contribution in [3.63, 3.8) is 0 Å². The van der Waals surface area contributed by atoms with E-state index in [1.54, 1.807) is 59.2 Å². The van der Waals surface area contributed by atoms with Crippen LogP contribution in [0, 0.1) is 0 Å². The van der Waals surface area contributed by atoms with Crippen molar-refractivity contribution < 1.29 is 32.7 Å². The predicted octanol–water partition coefficient (Wildman–Crippen LogP) is 5.70. The smallest absolute Gasteiger partial charge is 0.303 e. The molecule has 0 saturated heterocycles. The number of fused-ring (bicyclic) bond motifs is 1. The number of carboxylic acid groups (broad SMARTS) is 1. The van der Waals surface area contributed by atoms with Crippen molar-refractivity contribution in [2.24, 2.45) is 0 Å². The topological polar surface area (TPSA) is 162 Å². The van der Waals surface area contributed by atoms with E-state index >= 15 is 0 Å². The summed E-state index contributed by atoms with van der Waals surface area (Å²) in [6.45, 7) is 6.00. The van der Waals surface area contributed by atoms with Crippen LogP contribution >= 0.6 is 22.9 Å². The third-order valence-electron chi connectivity index (χ3n) is 9.62. The third kappa shape index (κ3) is 10.0. The zero-order valence-corrected chi connectivity index (χ0v) is 33.1. The highest BCUT2D eigenvalue weighted by atomic mass is 35.5. The van der Waals surface area contributed by atoms with Gasteiger partial charge in [-0.1, -0.05) is 37.6 Å². The molecule has 2 aromatic heterocycles. The van der Waals surface area contributed by atoms with Crippen molar-refractivity contribution in [1.82, 2.24) is 23.9 Å². The van der Waals surface area contributed by atoms with Gasteiger partial charge in [0.15, 0.2) is 5.78 Å². The number of carboxylic acids is 1. The molecule has 0 fully saturated rings. The number of hydrogen-bond donors (Lipinski definition) is 2. The summed E-state index contributed by atoms with van der Waals surface area (Å²) in [5.74, 6) is -1.99. The fourth-order valence-electron chi connectivity index (χ4n) is 6.54. The summed E-state index contributed by atoms with van der Waals surface area (Å²) in [6, 6.07) is 14.5. The van der Waals surface area contributed by atoms with Gasteiger partial charge in [-0.3, -0.25) is 24.1 Å². The lowest BCUT2D eigenvalue weighted by molar-refractivity contribution is -0.140. The van der Waals surface area contributed by atoms with Gasteiger partial charge < -0.3 is 15.3 Å². The average Bonchev–Trinajstić information content (AvgIpc) is 3.78. The van der Waals surface area contributed by atoms with E-state index in [-0.39, 0.29) is 43.7 Å². The standard InChI is InChI=1S/C38H45ClN6O7S2/c1-5-29(6-2)43(19-18-42(3)33(46)14-15-34(47)48)22-25-8-7-9-26(20-25)37(50)41-38-35(31-16-17-44(54(4,51)52)24-32(31)53-38)36(49)27-21-40-45(23-27)30-12-10-28(39)11-13-30/h7-13,20-21,23,29H,5-6,14-19,22,24H2,1-4H3,(H,41,50)(H,47,48). The van der Waals surface area contributed by atoms with E-state index in [4.69, 9.17) is 16.7 Å². The maximum atomic E-state index is 14.2. The minimum Gasteiger partial charge on any atom is -0.481 e. The Labute approximate surface area is 324 Å². The number of amides is 2. The summed E-state index contributed by atoms with van der Waals surface area (Å²) < 4.78 is 27.8. The van der Waals surface area contributed by atoms with Crippen molar-refractivity contribution in [3.8, 4) is 5.69 Å². The molecule has 16 heteroatoms. The molecule has 4 aromatic rings. The van der Waals surface area contributed by atoms with Crippen LogP contribution in [-0.2, 0) is 39.1 Å². The van der Waals surface area contributed by atoms with E-state index in [1.165, 1.54) is 21.8 Å². The van der Waals surface area contributed by atoms with Gasteiger partial charge in [0.05, 0.1) is 35.7 Å². The molecule has 0 atom stereocenters. The molecule has 0 aliphatic carbocycles. The Kier molecular flexibility index (Phi) is 13.5. The van der Waals surface area contributed by atoms with E-state index in [0.29, 0.717) is 68.9 Å². The first-order valence-corrected chi connectivity index (χ1v) is 20.8. The maximum absolute atomic E-state index is 14.2. The molecule has 1 aliphatic heterocycles. The van der Waals surface area contributed by atoms with Crippen LogP contribution in [0.3, 0.4) is 0 Å². The second kappa shape index (κ2) is 17.8. The largest absolute Gasteiger partial charge is 0.481 e. The Morgan fingerprint density at radius 2 is 1.76 bits per heavy atom. The summed E-state index contributed by atoms with van der Waals surface area (Å²) >= 11 is 7.25. The summed E-state index contributed by atoms with van der Waals surface area (Å²) in [4.78, 5) is 56.0. The van der Waals surface area contributed by atoms with Gasteiger partial charge in [-0.15, -0.1) is 11.3 Å². The number of thiophene rings is 1. The van der Waals surface area contributed by atoms with Crippen molar-refractivity contribution >= 4 is 61.5 Å². The van der Waals surface area contributed by atoms with Gasteiger partial charge in [-0.2, -0.15) is 9.40 Å². The number of rotatable bonds is 17. The van der Waals surface area contributed by atoms with Crippen LogP contribution in [0.4, 0.5) is 5.00 Å². The van der Waals surface area contributed by atoms with Gasteiger partial charge >= 0.3 is 5.97 Å². The second-order valence-electron chi connectivity index (χ2n) is 13.3. The molecule has 0 saturated carbocycles. The number of carbonyl (C=O) groups excluding carboxylic acids is 3. The zero-order chi connectivity index (χ0) is 39.2. The molecule has 288 valence electrons. The normalized spacial score (nSPS) is 13.2. The number of aromatic nitrogens is 2. The van der Waals surface area contributed by atoms with Crippen LogP contribution in [0.2, 0.25) is 5.02 Å². The SMILES string of the molecule is CCC(CC)N(CCN(C)C(=O)CCC(=O)O)Cc1cccc(C(=O)Nc2sc3c(c2C(=O)c2cnn(-c4ccc(Cl)cc4)c2)CCN(S(C)(=O)=O)C3)c1. The second-order valence-corrected chi connectivity index (χ2v) is 16.9. The molecule has 0 bridgehead atoms. The highest BCUT2D eigenvalue weighted by Crippen LogP contribution is 2.39. The maximum Gasteiger partial charge on any atom is 0.303 e. The molecule has 2 amide bonds. The predicted molar refractivity (Wildman–Crippen MR) is 209 cm³/mol. The van der Waals surface area contributed by atoms with Crippen LogP contribution in [0.5, 0.6) is 0 Å². The molecular formula is C38H45ClN6O7S2. The number of carbonyl (C=O) groups is 4. The van der Waals surface area contributed by atoms with E-state index in [0.717, 1.165) is 24.7 Å². The van der Waals surface area contributed by atoms with Crippen LogP contribution in [0.15, 0.2) is 60.9 Å². The fourth-order valence-corrected chi connectivity index (χ4v) is 8.79. The fraction of sp³-hybridized carbons (Fsp3) is 0.395. The summed E-state index contributed by atoms with van der Waals surface area (Å²) in [7, 11) is -1.81. The molecule has 0 radical (unpaired) electrons. The van der Waals surface area contributed by atoms with Crippen LogP contribution in [0.1, 0.15) is 81.8 Å². The third-order valence-corrected chi connectivity index (χ3v) is 12.2. The first-order valence-electron chi connectivity index (χ1n) is 17.7. The van der Waals surface area contributed by atoms with Gasteiger partial charge in [0, 0.05) is 73.9 Å². The number of ketones is 1. The first kappa shape index (κ1) is 40.8. The Balaban J connectivity index is 1.39. The average molecular weight is 797 g/mol. The number of sulfonamides is 1. The van der Waals surface area contributed by atoms with E-state index < -0.39 is 21.9 Å². The van der Waals surface area contributed by atoms with Gasteiger partial charge in [-0.05, 0) is 66.8 Å². The Bertz CT molecular complexity index is 2110. The highest BCUT2D eigenvalue weighted by Gasteiger charge is 2.32. The van der Waals surface area contributed by atoms with Gasteiger partial charge in [-0.25, -0.2) is 13.1 Å². The van der Waals surface area contributed by atoms with E-state index in [1.807, 2.05) is 12.1 Å². The highest BCUT2D eigenvalue weighted by molar-refractivity contribution is 7.88. The van der Waals surface area contributed by atoms with Crippen molar-refractivity contribution in [1.29, 1.82) is 0 Å². The Morgan fingerprint density at radius 3 is 2.43 bits per heavy atom. The van der Waals surface area contributed by atoms with Gasteiger partial charge in [0.1, 0.15) is 5.00 Å². The Morgan fingerprint density at radius 1 is 1.04 bits per heavy atom. The molecule has 3 heterocycles. The molecule has 2 aromatic carbocycles. The minimum atomic E-state index is -3.49. The number of hydrogen-bond acceptors (Lipinski definition) is 9. The molecule has 1 aliphatic rings. The summed E-state index contributed by atoms with van der Waals surface area (Å²) in [5.41, 5.74) is 3.32. The van der Waals surface area contributed by atoms with Crippen LogP contribution in [0.25, 0.3) is 5.69 Å². The van der Waals surface area contributed by atoms with Crippen LogP contribution < -0.4 is 5.32 Å². The zero-order valence-electron chi connectivity index (χ0n) is 30.7. The lowest BCUT2D eigenvalue weighted by Gasteiger charge is -2.32. The van der Waals surface area contributed by atoms with Gasteiger partial charge in [0.2, 0.25) is 15.9 Å². The minimum absolute atomic E-state index is 0.0580. The molecule has 54 heavy (non-hydrogen) atoms. The number of benzene rings is 2. The lowest BCUT2D eigenvalue weighted by atomic mass is 9.98. The Hall–Kier alpha value is -4.41. The van der Waals surface area contributed by atoms with Crippen molar-refractivity contribution in [2.75, 3.05) is 38.3 Å². The number of nitrogens with zero attached hydrogens (tertiary/aromatic N) is 5. The number of likely N-dealkylation sites (N-methyl/N-ethyl adjacent to an activating group) is 1. The molecule has 13 nitrogen and oxygen atoms in total. The van der Waals surface area contributed by atoms with E-state index in [9.17, 15) is 27.6 Å². The molecule has 5 rings (SSSR count). The first-order chi connectivity index (χ1) is 25.7. The molecule has 0 unspecified atom stereocenters. The monoisotopic (exact) mass is 796 g/mol. The summed E-state index contributed by atoms with van der Waals surface area (Å²) in [6.07, 6.45) is 6.03. The number of anilines is 1. The van der Waals surface area contributed by atoms with Crippen molar-refractivity contribution in [3.05, 3.63) is 98.6 Å². The number of nitrogens with one attached hydrogen (secondary N) is 1. The van der Waals surface area contributed by atoms with E-state index in [2.05, 4.69) is 29.2 Å². The number of aliphatic carboxylic acids is 1. The molecule has 0 spiro atoms. The van der Waals surface area contributed by atoms with Crippen LogP contribution in [-0.4, -0.2) is 100.0 Å². The van der Waals surface area contributed by atoms with Crippen molar-refractivity contribution in [2.45, 2.75) is 65.1 Å². The molecule has 2 N–H and O–H groups in total.